The van der Waals surface area contributed by atoms with Crippen molar-refractivity contribution >= 4 is 26.7 Å². The van der Waals surface area contributed by atoms with Gasteiger partial charge in [-0.05, 0) is 62.9 Å². The van der Waals surface area contributed by atoms with Crippen molar-refractivity contribution in [1.29, 1.82) is 0 Å². The molecule has 2 aromatic rings. The molecule has 4 rings (SSSR count). The van der Waals surface area contributed by atoms with Crippen LogP contribution in [0.5, 0.6) is 0 Å². The topological polar surface area (TPSA) is 53.5 Å². The summed E-state index contributed by atoms with van der Waals surface area (Å²) in [6.45, 7) is 4.73. The second-order valence-electron chi connectivity index (χ2n) is 7.89. The lowest BCUT2D eigenvalue weighted by atomic mass is 10.1. The van der Waals surface area contributed by atoms with Crippen molar-refractivity contribution in [2.24, 2.45) is 0 Å². The normalized spacial score (nSPS) is 22.7. The van der Waals surface area contributed by atoms with Gasteiger partial charge in [0.2, 0.25) is 10.0 Å². The number of anilines is 1. The van der Waals surface area contributed by atoms with E-state index < -0.39 is 10.0 Å². The molecule has 2 fully saturated rings. The molecule has 146 valence electrons. The first-order chi connectivity index (χ1) is 13.1. The molecule has 0 spiro atoms. The van der Waals surface area contributed by atoms with Crippen LogP contribution in [0, 0.1) is 0 Å². The van der Waals surface area contributed by atoms with Gasteiger partial charge in [-0.15, -0.1) is 0 Å². The summed E-state index contributed by atoms with van der Waals surface area (Å²) in [6.07, 6.45) is 8.00. The summed E-state index contributed by atoms with van der Waals surface area (Å²) in [6, 6.07) is 9.49. The molecule has 0 amide bonds. The van der Waals surface area contributed by atoms with E-state index in [1.807, 2.05) is 25.1 Å². The van der Waals surface area contributed by atoms with Crippen LogP contribution in [0.3, 0.4) is 0 Å². The average Bonchev–Trinajstić information content (AvgIpc) is 2.97. The van der Waals surface area contributed by atoms with Crippen LogP contribution in [-0.4, -0.2) is 43.4 Å². The molecule has 0 aliphatic carbocycles. The highest BCUT2D eigenvalue weighted by Gasteiger charge is 2.31. The van der Waals surface area contributed by atoms with Gasteiger partial charge in [0.25, 0.3) is 0 Å². The molecular formula is C21H29N3O2S. The van der Waals surface area contributed by atoms with E-state index in [0.717, 1.165) is 49.1 Å². The molecule has 0 bridgehead atoms. The van der Waals surface area contributed by atoms with Crippen LogP contribution in [0.15, 0.2) is 35.2 Å². The molecule has 1 unspecified atom stereocenters. The number of fused-ring (bicyclic) bond motifs is 1. The Morgan fingerprint density at radius 3 is 2.41 bits per heavy atom. The third-order valence-electron chi connectivity index (χ3n) is 5.92. The SMILES string of the molecule is CC1CCCCN1S(=O)(=O)c1ccc2nc(N3CCCCCC3)ccc2c1. The van der Waals surface area contributed by atoms with Crippen molar-refractivity contribution in [2.75, 3.05) is 24.5 Å². The lowest BCUT2D eigenvalue weighted by Gasteiger charge is -2.32. The Balaban J connectivity index is 1.63. The molecule has 0 radical (unpaired) electrons. The standard InChI is InChI=1S/C21H29N3O2S/c1-17-8-4-7-15-24(17)27(25,26)19-10-11-20-18(16-19)9-12-21(22-20)23-13-5-2-3-6-14-23/h9-12,16-17H,2-8,13-15H2,1H3. The third-order valence-corrected chi connectivity index (χ3v) is 7.93. The highest BCUT2D eigenvalue weighted by Crippen LogP contribution is 2.28. The van der Waals surface area contributed by atoms with Crippen LogP contribution in [0.2, 0.25) is 0 Å². The van der Waals surface area contributed by atoms with E-state index >= 15 is 0 Å². The van der Waals surface area contributed by atoms with E-state index in [1.165, 1.54) is 25.7 Å². The summed E-state index contributed by atoms with van der Waals surface area (Å²) in [5.74, 6) is 1.00. The molecule has 2 aliphatic heterocycles. The van der Waals surface area contributed by atoms with Gasteiger partial charge in [0, 0.05) is 31.1 Å². The highest BCUT2D eigenvalue weighted by molar-refractivity contribution is 7.89. The van der Waals surface area contributed by atoms with Crippen LogP contribution in [0.1, 0.15) is 51.9 Å². The molecule has 0 N–H and O–H groups in total. The first-order valence-electron chi connectivity index (χ1n) is 10.2. The van der Waals surface area contributed by atoms with Crippen molar-refractivity contribution in [3.8, 4) is 0 Å². The van der Waals surface area contributed by atoms with Gasteiger partial charge in [-0.1, -0.05) is 19.3 Å². The molecular weight excluding hydrogens is 358 g/mol. The van der Waals surface area contributed by atoms with Gasteiger partial charge in [-0.2, -0.15) is 4.31 Å². The number of aromatic nitrogens is 1. The van der Waals surface area contributed by atoms with Crippen LogP contribution in [0.4, 0.5) is 5.82 Å². The Kier molecular flexibility index (Phi) is 5.37. The second-order valence-corrected chi connectivity index (χ2v) is 9.78. The van der Waals surface area contributed by atoms with Crippen LogP contribution >= 0.6 is 0 Å². The number of sulfonamides is 1. The van der Waals surface area contributed by atoms with Gasteiger partial charge in [-0.25, -0.2) is 13.4 Å². The molecule has 1 atom stereocenters. The monoisotopic (exact) mass is 387 g/mol. The van der Waals surface area contributed by atoms with Gasteiger partial charge in [-0.3, -0.25) is 0 Å². The fourth-order valence-electron chi connectivity index (χ4n) is 4.29. The van der Waals surface area contributed by atoms with E-state index in [2.05, 4.69) is 4.90 Å². The maximum atomic E-state index is 13.1. The van der Waals surface area contributed by atoms with E-state index in [-0.39, 0.29) is 6.04 Å². The Morgan fingerprint density at radius 1 is 0.926 bits per heavy atom. The number of piperidine rings is 1. The number of hydrogen-bond acceptors (Lipinski definition) is 4. The van der Waals surface area contributed by atoms with E-state index in [9.17, 15) is 8.42 Å². The highest BCUT2D eigenvalue weighted by atomic mass is 32.2. The van der Waals surface area contributed by atoms with Crippen LogP contribution < -0.4 is 4.90 Å². The third kappa shape index (κ3) is 3.83. The van der Waals surface area contributed by atoms with Crippen molar-refractivity contribution in [1.82, 2.24) is 9.29 Å². The van der Waals surface area contributed by atoms with E-state index in [0.29, 0.717) is 11.4 Å². The predicted molar refractivity (Wildman–Crippen MR) is 110 cm³/mol. The fraction of sp³-hybridized carbons (Fsp3) is 0.571. The lowest BCUT2D eigenvalue weighted by molar-refractivity contribution is 0.268. The molecule has 2 aliphatic rings. The molecule has 3 heterocycles. The Bertz CT molecular complexity index is 905. The van der Waals surface area contributed by atoms with Gasteiger partial charge in [0.15, 0.2) is 0 Å². The Morgan fingerprint density at radius 2 is 1.67 bits per heavy atom. The maximum absolute atomic E-state index is 13.1. The van der Waals surface area contributed by atoms with E-state index in [4.69, 9.17) is 4.98 Å². The minimum atomic E-state index is -3.44. The zero-order valence-electron chi connectivity index (χ0n) is 16.1. The van der Waals surface area contributed by atoms with Gasteiger partial charge < -0.3 is 4.90 Å². The van der Waals surface area contributed by atoms with Crippen molar-refractivity contribution in [2.45, 2.75) is 62.8 Å². The fourth-order valence-corrected chi connectivity index (χ4v) is 6.03. The van der Waals surface area contributed by atoms with E-state index in [1.54, 1.807) is 16.4 Å². The first kappa shape index (κ1) is 18.7. The number of benzene rings is 1. The molecule has 2 saturated heterocycles. The first-order valence-corrected chi connectivity index (χ1v) is 11.7. The Hall–Kier alpha value is -1.66. The summed E-state index contributed by atoms with van der Waals surface area (Å²) in [4.78, 5) is 7.54. The second kappa shape index (κ2) is 7.76. The summed E-state index contributed by atoms with van der Waals surface area (Å²) < 4.78 is 27.8. The van der Waals surface area contributed by atoms with Gasteiger partial charge >= 0.3 is 0 Å². The molecule has 6 heteroatoms. The van der Waals surface area contributed by atoms with Crippen molar-refractivity contribution in [3.63, 3.8) is 0 Å². The number of rotatable bonds is 3. The molecule has 1 aromatic heterocycles. The minimum absolute atomic E-state index is 0.0722. The van der Waals surface area contributed by atoms with Crippen molar-refractivity contribution < 1.29 is 8.42 Å². The summed E-state index contributed by atoms with van der Waals surface area (Å²) >= 11 is 0. The smallest absolute Gasteiger partial charge is 0.243 e. The minimum Gasteiger partial charge on any atom is -0.357 e. The summed E-state index contributed by atoms with van der Waals surface area (Å²) in [5.41, 5.74) is 0.863. The van der Waals surface area contributed by atoms with Gasteiger partial charge in [0.1, 0.15) is 5.82 Å². The summed E-state index contributed by atoms with van der Waals surface area (Å²) in [7, 11) is -3.44. The predicted octanol–water partition coefficient (Wildman–Crippen LogP) is 4.18. The lowest BCUT2D eigenvalue weighted by Crippen LogP contribution is -2.41. The maximum Gasteiger partial charge on any atom is 0.243 e. The molecule has 0 saturated carbocycles. The van der Waals surface area contributed by atoms with Crippen LogP contribution in [-0.2, 0) is 10.0 Å². The summed E-state index contributed by atoms with van der Waals surface area (Å²) in [5, 5.41) is 0.888. The molecule has 27 heavy (non-hydrogen) atoms. The Labute approximate surface area is 162 Å². The average molecular weight is 388 g/mol. The number of pyridine rings is 1. The molecule has 1 aromatic carbocycles. The zero-order valence-corrected chi connectivity index (χ0v) is 16.9. The zero-order chi connectivity index (χ0) is 18.9. The number of hydrogen-bond donors (Lipinski definition) is 0. The van der Waals surface area contributed by atoms with Gasteiger partial charge in [0.05, 0.1) is 10.4 Å². The molecule has 5 nitrogen and oxygen atoms in total. The van der Waals surface area contributed by atoms with Crippen LogP contribution in [0.25, 0.3) is 10.9 Å². The largest absolute Gasteiger partial charge is 0.357 e. The quantitative estimate of drug-likeness (QED) is 0.793. The number of nitrogens with zero attached hydrogens (tertiary/aromatic N) is 3. The van der Waals surface area contributed by atoms with Crippen molar-refractivity contribution in [3.05, 3.63) is 30.3 Å².